The van der Waals surface area contributed by atoms with Crippen LogP contribution in [0.5, 0.6) is 0 Å². The van der Waals surface area contributed by atoms with Crippen molar-refractivity contribution >= 4 is 0 Å². The minimum atomic E-state index is -3.96. The molecule has 0 radical (unpaired) electrons. The normalized spacial score (nSPS) is 31.7. The van der Waals surface area contributed by atoms with Crippen LogP contribution in [-0.4, -0.2) is 47.8 Å². The molecule has 0 aromatic rings. The maximum Gasteiger partial charge on any atom is 0.357 e. The standard InChI is InChI=1S/C8H8F4N2/c9-7(10)5(13-1-2-13)6(8(7,11)12)14-3-4-14/h1-4H2. The van der Waals surface area contributed by atoms with Crippen LogP contribution in [0, 0.1) is 0 Å². The Balaban J connectivity index is 2.05. The summed E-state index contributed by atoms with van der Waals surface area (Å²) >= 11 is 0. The summed E-state index contributed by atoms with van der Waals surface area (Å²) in [6, 6.07) is 0. The molecule has 0 amide bonds. The van der Waals surface area contributed by atoms with Gasteiger partial charge in [0, 0.05) is 26.2 Å². The molecule has 2 heterocycles. The van der Waals surface area contributed by atoms with E-state index in [1.807, 2.05) is 0 Å². The molecule has 78 valence electrons. The second-order valence-corrected chi connectivity index (χ2v) is 3.82. The molecule has 3 aliphatic rings. The van der Waals surface area contributed by atoms with Crippen molar-refractivity contribution in [1.82, 2.24) is 9.80 Å². The predicted molar refractivity (Wildman–Crippen MR) is 40.1 cm³/mol. The molecule has 0 saturated carbocycles. The van der Waals surface area contributed by atoms with E-state index < -0.39 is 23.2 Å². The fourth-order valence-corrected chi connectivity index (χ4v) is 1.78. The van der Waals surface area contributed by atoms with Crippen LogP contribution in [0.1, 0.15) is 0 Å². The van der Waals surface area contributed by atoms with Crippen LogP contribution in [0.25, 0.3) is 0 Å². The Labute approximate surface area is 77.8 Å². The highest BCUT2D eigenvalue weighted by molar-refractivity contribution is 5.44. The second-order valence-electron chi connectivity index (χ2n) is 3.82. The number of hydrogen-bond donors (Lipinski definition) is 0. The molecule has 3 rings (SSSR count). The van der Waals surface area contributed by atoms with Crippen LogP contribution in [-0.2, 0) is 0 Å². The number of nitrogens with zero attached hydrogens (tertiary/aromatic N) is 2. The molecule has 0 bridgehead atoms. The maximum absolute atomic E-state index is 13.0. The highest BCUT2D eigenvalue weighted by Gasteiger charge is 2.75. The van der Waals surface area contributed by atoms with Gasteiger partial charge in [0.15, 0.2) is 0 Å². The van der Waals surface area contributed by atoms with E-state index in [2.05, 4.69) is 0 Å². The molecule has 14 heavy (non-hydrogen) atoms. The van der Waals surface area contributed by atoms with Crippen molar-refractivity contribution in [2.24, 2.45) is 0 Å². The van der Waals surface area contributed by atoms with Gasteiger partial charge in [0.2, 0.25) is 0 Å². The minimum absolute atomic E-state index is 0.444. The second kappa shape index (κ2) is 2.01. The van der Waals surface area contributed by atoms with Crippen LogP contribution in [0.3, 0.4) is 0 Å². The molecule has 0 atom stereocenters. The molecule has 1 aliphatic carbocycles. The van der Waals surface area contributed by atoms with Gasteiger partial charge in [-0.25, -0.2) is 0 Å². The van der Waals surface area contributed by atoms with Crippen LogP contribution >= 0.6 is 0 Å². The van der Waals surface area contributed by atoms with Crippen molar-refractivity contribution in [3.8, 4) is 0 Å². The lowest BCUT2D eigenvalue weighted by Crippen LogP contribution is -2.57. The lowest BCUT2D eigenvalue weighted by Gasteiger charge is -2.41. The Kier molecular flexibility index (Phi) is 1.21. The summed E-state index contributed by atoms with van der Waals surface area (Å²) in [7, 11) is 0. The van der Waals surface area contributed by atoms with Crippen LogP contribution in [0.2, 0.25) is 0 Å². The zero-order chi connectivity index (χ0) is 10.1. The van der Waals surface area contributed by atoms with Crippen LogP contribution < -0.4 is 0 Å². The third-order valence-corrected chi connectivity index (χ3v) is 2.74. The summed E-state index contributed by atoms with van der Waals surface area (Å²) in [6.45, 7) is 1.88. The van der Waals surface area contributed by atoms with E-state index in [0.717, 1.165) is 0 Å². The van der Waals surface area contributed by atoms with E-state index in [-0.39, 0.29) is 0 Å². The van der Waals surface area contributed by atoms with Crippen molar-refractivity contribution in [3.63, 3.8) is 0 Å². The summed E-state index contributed by atoms with van der Waals surface area (Å²) in [5.41, 5.74) is -0.889. The molecule has 6 heteroatoms. The molecule has 0 N–H and O–H groups in total. The Bertz CT molecular complexity index is 296. The van der Waals surface area contributed by atoms with Gasteiger partial charge in [-0.1, -0.05) is 0 Å². The molecule has 0 aromatic heterocycles. The number of halogens is 4. The summed E-state index contributed by atoms with van der Waals surface area (Å²) in [4.78, 5) is 2.62. The zero-order valence-electron chi connectivity index (χ0n) is 7.23. The first-order valence-electron chi connectivity index (χ1n) is 4.47. The van der Waals surface area contributed by atoms with E-state index in [9.17, 15) is 17.6 Å². The van der Waals surface area contributed by atoms with Crippen LogP contribution in [0.4, 0.5) is 17.6 Å². The number of alkyl halides is 4. The third kappa shape index (κ3) is 0.773. The third-order valence-electron chi connectivity index (χ3n) is 2.74. The van der Waals surface area contributed by atoms with Crippen molar-refractivity contribution < 1.29 is 17.6 Å². The van der Waals surface area contributed by atoms with Gasteiger partial charge in [-0.2, -0.15) is 17.6 Å². The smallest absolute Gasteiger partial charge is 0.357 e. The van der Waals surface area contributed by atoms with Crippen molar-refractivity contribution in [2.45, 2.75) is 11.8 Å². The quantitative estimate of drug-likeness (QED) is 0.495. The first kappa shape index (κ1) is 8.38. The van der Waals surface area contributed by atoms with Gasteiger partial charge >= 0.3 is 11.8 Å². The fraction of sp³-hybridized carbons (Fsp3) is 0.750. The van der Waals surface area contributed by atoms with Crippen molar-refractivity contribution in [3.05, 3.63) is 11.4 Å². The topological polar surface area (TPSA) is 6.02 Å². The Morgan fingerprint density at radius 1 is 0.714 bits per heavy atom. The van der Waals surface area contributed by atoms with Gasteiger partial charge in [-0.15, -0.1) is 0 Å². The van der Waals surface area contributed by atoms with Crippen molar-refractivity contribution in [1.29, 1.82) is 0 Å². The van der Waals surface area contributed by atoms with Gasteiger partial charge in [0.25, 0.3) is 0 Å². The highest BCUT2D eigenvalue weighted by Crippen LogP contribution is 2.59. The number of allylic oxidation sites excluding steroid dienone is 2. The summed E-state index contributed by atoms with van der Waals surface area (Å²) in [6.07, 6.45) is 0. The summed E-state index contributed by atoms with van der Waals surface area (Å²) in [5, 5.41) is 0. The van der Waals surface area contributed by atoms with Gasteiger partial charge in [0.1, 0.15) is 11.4 Å². The molecule has 2 aliphatic heterocycles. The largest absolute Gasteiger partial charge is 0.365 e. The first-order chi connectivity index (χ1) is 6.46. The predicted octanol–water partition coefficient (Wildman–Crippen LogP) is 1.11. The average molecular weight is 208 g/mol. The molecule has 0 spiro atoms. The minimum Gasteiger partial charge on any atom is -0.365 e. The Hall–Kier alpha value is -0.940. The molecule has 2 nitrogen and oxygen atoms in total. The van der Waals surface area contributed by atoms with E-state index in [1.54, 1.807) is 0 Å². The first-order valence-corrected chi connectivity index (χ1v) is 4.47. The fourth-order valence-electron chi connectivity index (χ4n) is 1.78. The van der Waals surface area contributed by atoms with Gasteiger partial charge in [0.05, 0.1) is 0 Å². The van der Waals surface area contributed by atoms with E-state index in [4.69, 9.17) is 0 Å². The molecular weight excluding hydrogens is 200 g/mol. The van der Waals surface area contributed by atoms with Gasteiger partial charge in [-0.05, 0) is 0 Å². The lowest BCUT2D eigenvalue weighted by atomic mass is 9.90. The summed E-state index contributed by atoms with van der Waals surface area (Å²) in [5.74, 6) is -7.91. The summed E-state index contributed by atoms with van der Waals surface area (Å²) < 4.78 is 52.1. The number of rotatable bonds is 2. The van der Waals surface area contributed by atoms with E-state index >= 15 is 0 Å². The Morgan fingerprint density at radius 3 is 1.21 bits per heavy atom. The Morgan fingerprint density at radius 2 is 1.00 bits per heavy atom. The average Bonchev–Trinajstić information content (AvgIpc) is 2.93. The van der Waals surface area contributed by atoms with E-state index in [1.165, 1.54) is 9.80 Å². The van der Waals surface area contributed by atoms with Crippen molar-refractivity contribution in [2.75, 3.05) is 26.2 Å². The molecule has 0 aromatic carbocycles. The monoisotopic (exact) mass is 208 g/mol. The maximum atomic E-state index is 13.0. The lowest BCUT2D eigenvalue weighted by molar-refractivity contribution is -0.208. The van der Waals surface area contributed by atoms with Gasteiger partial charge in [-0.3, -0.25) is 0 Å². The highest BCUT2D eigenvalue weighted by atomic mass is 19.3. The molecule has 2 fully saturated rings. The molecular formula is C8H8F4N2. The molecule has 0 unspecified atom stereocenters. The van der Waals surface area contributed by atoms with E-state index in [0.29, 0.717) is 26.2 Å². The van der Waals surface area contributed by atoms with Crippen LogP contribution in [0.15, 0.2) is 11.4 Å². The van der Waals surface area contributed by atoms with Gasteiger partial charge < -0.3 is 9.80 Å². The SMILES string of the molecule is FC1(F)C(N2CC2)=C(N2CC2)C1(F)F. The molecule has 2 saturated heterocycles. The number of hydrogen-bond acceptors (Lipinski definition) is 2. The zero-order valence-corrected chi connectivity index (χ0v) is 7.23.